The van der Waals surface area contributed by atoms with Gasteiger partial charge in [0.1, 0.15) is 11.3 Å². The van der Waals surface area contributed by atoms with Gasteiger partial charge in [-0.1, -0.05) is 24.1 Å². The number of rotatable bonds is 0. The zero-order valence-electron chi connectivity index (χ0n) is 8.94. The molecule has 0 fully saturated rings. The van der Waals surface area contributed by atoms with Crippen LogP contribution in [0.3, 0.4) is 0 Å². The third kappa shape index (κ3) is 1.49. The fourth-order valence-corrected chi connectivity index (χ4v) is 1.92. The molecule has 17 heavy (non-hydrogen) atoms. The van der Waals surface area contributed by atoms with Gasteiger partial charge in [-0.05, 0) is 12.1 Å². The topological polar surface area (TPSA) is 30.2 Å². The van der Waals surface area contributed by atoms with Gasteiger partial charge in [0, 0.05) is 28.6 Å². The van der Waals surface area contributed by atoms with E-state index in [2.05, 4.69) is 5.92 Å². The number of benzene rings is 2. The van der Waals surface area contributed by atoms with Gasteiger partial charge in [-0.15, -0.1) is 6.42 Å². The Kier molecular flexibility index (Phi) is 1.99. The average Bonchev–Trinajstić information content (AvgIpc) is 2.35. The van der Waals surface area contributed by atoms with E-state index in [4.69, 9.17) is 10.8 Å². The van der Waals surface area contributed by atoms with Crippen molar-refractivity contribution in [1.29, 1.82) is 0 Å². The third-order valence-electron chi connectivity index (χ3n) is 2.71. The Morgan fingerprint density at radius 1 is 1.12 bits per heavy atom. The van der Waals surface area contributed by atoms with E-state index < -0.39 is 0 Å². The summed E-state index contributed by atoms with van der Waals surface area (Å²) in [5.41, 5.74) is 1.98. The van der Waals surface area contributed by atoms with E-state index in [0.29, 0.717) is 11.3 Å². The fraction of sp³-hybridized carbons (Fsp3) is 0. The second-order valence-corrected chi connectivity index (χ2v) is 3.81. The van der Waals surface area contributed by atoms with Crippen LogP contribution in [-0.2, 0) is 0 Å². The van der Waals surface area contributed by atoms with E-state index in [1.54, 1.807) is 0 Å². The van der Waals surface area contributed by atoms with Crippen LogP contribution in [0.25, 0.3) is 22.3 Å². The zero-order chi connectivity index (χ0) is 11.8. The van der Waals surface area contributed by atoms with Crippen LogP contribution in [0.2, 0.25) is 0 Å². The highest BCUT2D eigenvalue weighted by atomic mass is 16.3. The summed E-state index contributed by atoms with van der Waals surface area (Å²) < 4.78 is 5.67. The molecule has 0 radical (unpaired) electrons. The van der Waals surface area contributed by atoms with Gasteiger partial charge in [0.15, 0.2) is 5.43 Å². The number of hydrogen-bond acceptors (Lipinski definition) is 2. The largest absolute Gasteiger partial charge is 0.456 e. The smallest absolute Gasteiger partial charge is 0.183 e. The zero-order valence-corrected chi connectivity index (χ0v) is 8.94. The molecule has 0 atom stereocenters. The molecule has 1 aliphatic heterocycles. The molecular weight excluding hydrogens is 212 g/mol. The van der Waals surface area contributed by atoms with Crippen molar-refractivity contribution in [2.75, 3.05) is 0 Å². The predicted molar refractivity (Wildman–Crippen MR) is 67.0 cm³/mol. The average molecular weight is 220 g/mol. The highest BCUT2D eigenvalue weighted by molar-refractivity contribution is 5.84. The van der Waals surface area contributed by atoms with Gasteiger partial charge in [-0.3, -0.25) is 4.79 Å². The summed E-state index contributed by atoms with van der Waals surface area (Å²) in [6, 6.07) is 12.5. The molecule has 3 rings (SSSR count). The molecule has 1 heterocycles. The normalized spacial score (nSPS) is 10.5. The van der Waals surface area contributed by atoms with E-state index in [9.17, 15) is 4.79 Å². The first-order valence-electron chi connectivity index (χ1n) is 5.21. The Balaban J connectivity index is 2.53. The number of fused-ring (bicyclic) bond motifs is 2. The van der Waals surface area contributed by atoms with Crippen LogP contribution >= 0.6 is 0 Å². The lowest BCUT2D eigenvalue weighted by molar-refractivity contribution is 0.618. The summed E-state index contributed by atoms with van der Waals surface area (Å²) >= 11 is 0. The molecule has 80 valence electrons. The van der Waals surface area contributed by atoms with Crippen molar-refractivity contribution in [1.82, 2.24) is 0 Å². The van der Waals surface area contributed by atoms with Crippen LogP contribution in [0.1, 0.15) is 5.56 Å². The molecule has 0 saturated heterocycles. The number of terminal acetylenes is 1. The molecule has 2 aliphatic rings. The minimum atomic E-state index is -0.135. The lowest BCUT2D eigenvalue weighted by atomic mass is 10.0. The lowest BCUT2D eigenvalue weighted by Crippen LogP contribution is -2.01. The Hall–Kier alpha value is -2.53. The molecule has 0 spiro atoms. The molecule has 0 saturated carbocycles. The maximum Gasteiger partial charge on any atom is 0.183 e. The minimum Gasteiger partial charge on any atom is -0.456 e. The second-order valence-electron chi connectivity index (χ2n) is 3.81. The Morgan fingerprint density at radius 2 is 1.94 bits per heavy atom. The van der Waals surface area contributed by atoms with Crippen LogP contribution in [0.5, 0.6) is 0 Å². The van der Waals surface area contributed by atoms with Gasteiger partial charge in [0.05, 0.1) is 0 Å². The Bertz CT molecular complexity index is 775. The number of hydrogen-bond donors (Lipinski definition) is 0. The molecule has 2 heteroatoms. The van der Waals surface area contributed by atoms with E-state index in [0.717, 1.165) is 16.5 Å². The number of para-hydroxylation sites is 1. The molecule has 0 bridgehead atoms. The molecule has 0 N–H and O–H groups in total. The maximum atomic E-state index is 11.4. The summed E-state index contributed by atoms with van der Waals surface area (Å²) in [7, 11) is 0. The highest BCUT2D eigenvalue weighted by Gasteiger charge is 2.11. The molecule has 0 aromatic heterocycles. The molecule has 2 nitrogen and oxygen atoms in total. The molecule has 1 aromatic carbocycles. The van der Waals surface area contributed by atoms with Crippen LogP contribution < -0.4 is 5.43 Å². The van der Waals surface area contributed by atoms with Crippen molar-refractivity contribution in [3.05, 3.63) is 58.3 Å². The molecule has 1 aromatic rings. The Morgan fingerprint density at radius 3 is 2.76 bits per heavy atom. The molecular formula is C15H8O2. The van der Waals surface area contributed by atoms with Crippen molar-refractivity contribution in [2.45, 2.75) is 0 Å². The monoisotopic (exact) mass is 220 g/mol. The van der Waals surface area contributed by atoms with Gasteiger partial charge >= 0.3 is 0 Å². The van der Waals surface area contributed by atoms with E-state index >= 15 is 0 Å². The quantitative estimate of drug-likeness (QED) is 0.430. The SMILES string of the molecule is C#Cc1cc(=O)cc2oc3ccccc3cc1-2. The highest BCUT2D eigenvalue weighted by Crippen LogP contribution is 2.29. The van der Waals surface area contributed by atoms with Crippen LogP contribution in [0, 0.1) is 12.3 Å². The summed E-state index contributed by atoms with van der Waals surface area (Å²) in [6.45, 7) is 0. The summed E-state index contributed by atoms with van der Waals surface area (Å²) in [6.07, 6.45) is 5.40. The molecule has 0 unspecified atom stereocenters. The third-order valence-corrected chi connectivity index (χ3v) is 2.71. The second kappa shape index (κ2) is 3.50. The standard InChI is InChI=1S/C15H8O2/c1-2-10-7-12(16)9-15-13(10)8-11-5-3-4-6-14(11)17-15/h1,3-9H. The van der Waals surface area contributed by atoms with Crippen LogP contribution in [0.4, 0.5) is 0 Å². The van der Waals surface area contributed by atoms with Crippen molar-refractivity contribution in [3.8, 4) is 23.7 Å². The Labute approximate surface area is 97.8 Å². The summed E-state index contributed by atoms with van der Waals surface area (Å²) in [5.74, 6) is 3.05. The lowest BCUT2D eigenvalue weighted by Gasteiger charge is -2.08. The van der Waals surface area contributed by atoms with Gasteiger partial charge in [-0.25, -0.2) is 0 Å². The fourth-order valence-electron chi connectivity index (χ4n) is 1.92. The first-order valence-corrected chi connectivity index (χ1v) is 5.21. The predicted octanol–water partition coefficient (Wildman–Crippen LogP) is 2.88. The van der Waals surface area contributed by atoms with Crippen LogP contribution in [-0.4, -0.2) is 0 Å². The van der Waals surface area contributed by atoms with Crippen molar-refractivity contribution in [2.24, 2.45) is 0 Å². The van der Waals surface area contributed by atoms with E-state index in [1.165, 1.54) is 12.1 Å². The van der Waals surface area contributed by atoms with Crippen LogP contribution in [0.15, 0.2) is 51.7 Å². The van der Waals surface area contributed by atoms with Crippen molar-refractivity contribution < 1.29 is 4.42 Å². The minimum absolute atomic E-state index is 0.135. The maximum absolute atomic E-state index is 11.4. The van der Waals surface area contributed by atoms with E-state index in [1.807, 2.05) is 30.3 Å². The van der Waals surface area contributed by atoms with Gasteiger partial charge < -0.3 is 4.42 Å². The summed E-state index contributed by atoms with van der Waals surface area (Å²) in [5, 5.41) is 0.968. The van der Waals surface area contributed by atoms with Crippen molar-refractivity contribution in [3.63, 3.8) is 0 Å². The van der Waals surface area contributed by atoms with E-state index in [-0.39, 0.29) is 5.43 Å². The van der Waals surface area contributed by atoms with Gasteiger partial charge in [0.25, 0.3) is 0 Å². The first-order chi connectivity index (χ1) is 8.28. The van der Waals surface area contributed by atoms with Gasteiger partial charge in [-0.2, -0.15) is 0 Å². The summed E-state index contributed by atoms with van der Waals surface area (Å²) in [4.78, 5) is 11.4. The molecule has 1 aliphatic carbocycles. The van der Waals surface area contributed by atoms with Crippen molar-refractivity contribution >= 4 is 11.0 Å². The van der Waals surface area contributed by atoms with Gasteiger partial charge in [0.2, 0.25) is 0 Å². The first kappa shape index (κ1) is 9.68. The molecule has 0 amide bonds.